The van der Waals surface area contributed by atoms with Gasteiger partial charge in [-0.15, -0.1) is 0 Å². The zero-order valence-electron chi connectivity index (χ0n) is 15.2. The Hall–Kier alpha value is -3.87. The molecule has 142 valence electrons. The minimum atomic E-state index is -0.384. The maximum absolute atomic E-state index is 12.4. The first-order valence-electron chi connectivity index (χ1n) is 8.74. The fraction of sp³-hybridized carbons (Fsp3) is 0.0952. The SMILES string of the molecule is Nc1ccccc1CNC(=O)c1ccnc(C(=O)NCc2ccccc2N)c1. The van der Waals surface area contributed by atoms with Crippen LogP contribution < -0.4 is 22.1 Å². The van der Waals surface area contributed by atoms with Gasteiger partial charge in [0.15, 0.2) is 0 Å². The molecule has 0 bridgehead atoms. The van der Waals surface area contributed by atoms with Gasteiger partial charge in [-0.1, -0.05) is 36.4 Å². The number of nitrogens with one attached hydrogen (secondary N) is 2. The molecule has 2 aromatic carbocycles. The molecule has 28 heavy (non-hydrogen) atoms. The third kappa shape index (κ3) is 4.64. The van der Waals surface area contributed by atoms with E-state index in [0.717, 1.165) is 11.1 Å². The van der Waals surface area contributed by atoms with Crippen LogP contribution >= 0.6 is 0 Å². The molecule has 0 aliphatic heterocycles. The second kappa shape index (κ2) is 8.68. The summed E-state index contributed by atoms with van der Waals surface area (Å²) in [5, 5.41) is 5.55. The molecule has 0 radical (unpaired) electrons. The van der Waals surface area contributed by atoms with Crippen LogP contribution in [0.1, 0.15) is 32.0 Å². The van der Waals surface area contributed by atoms with E-state index < -0.39 is 0 Å². The summed E-state index contributed by atoms with van der Waals surface area (Å²) in [6.45, 7) is 0.569. The van der Waals surface area contributed by atoms with Crippen molar-refractivity contribution < 1.29 is 9.59 Å². The number of hydrogen-bond donors (Lipinski definition) is 4. The summed E-state index contributed by atoms with van der Waals surface area (Å²) in [6, 6.07) is 17.6. The molecule has 0 saturated heterocycles. The number of benzene rings is 2. The molecule has 0 unspecified atom stereocenters. The van der Waals surface area contributed by atoms with Crippen LogP contribution in [0.5, 0.6) is 0 Å². The molecule has 0 saturated carbocycles. The Bertz CT molecular complexity index is 927. The summed E-state index contributed by atoms with van der Waals surface area (Å²) in [6.07, 6.45) is 1.43. The van der Waals surface area contributed by atoms with E-state index in [1.165, 1.54) is 12.3 Å². The predicted molar refractivity (Wildman–Crippen MR) is 108 cm³/mol. The molecule has 7 heteroatoms. The van der Waals surface area contributed by atoms with E-state index in [1.54, 1.807) is 18.2 Å². The number of anilines is 2. The van der Waals surface area contributed by atoms with E-state index in [9.17, 15) is 9.59 Å². The highest BCUT2D eigenvalue weighted by atomic mass is 16.2. The smallest absolute Gasteiger partial charge is 0.270 e. The molecule has 1 aromatic heterocycles. The van der Waals surface area contributed by atoms with Gasteiger partial charge in [-0.05, 0) is 35.4 Å². The number of nitrogen functional groups attached to an aromatic ring is 2. The highest BCUT2D eigenvalue weighted by molar-refractivity contribution is 5.98. The van der Waals surface area contributed by atoms with Crippen LogP contribution in [0.15, 0.2) is 66.9 Å². The Morgan fingerprint density at radius 2 is 1.32 bits per heavy atom. The first-order chi connectivity index (χ1) is 13.5. The molecule has 3 rings (SSSR count). The summed E-state index contributed by atoms with van der Waals surface area (Å²) in [5.41, 5.74) is 15.1. The van der Waals surface area contributed by atoms with Crippen LogP contribution in [0.25, 0.3) is 0 Å². The standard InChI is InChI=1S/C21H21N5O2/c22-17-7-3-1-5-15(17)12-25-20(27)14-9-10-24-19(11-14)21(28)26-13-16-6-2-4-8-18(16)23/h1-11H,12-13,22-23H2,(H,25,27)(H,26,28). The Labute approximate surface area is 162 Å². The molecular weight excluding hydrogens is 354 g/mol. The number of pyridine rings is 1. The van der Waals surface area contributed by atoms with Crippen molar-refractivity contribution in [3.8, 4) is 0 Å². The van der Waals surface area contributed by atoms with Gasteiger partial charge in [0.05, 0.1) is 0 Å². The number of para-hydroxylation sites is 2. The van der Waals surface area contributed by atoms with Gasteiger partial charge in [0.1, 0.15) is 5.69 Å². The number of nitrogens with zero attached hydrogens (tertiary/aromatic N) is 1. The molecule has 0 fully saturated rings. The Kier molecular flexibility index (Phi) is 5.86. The number of aromatic nitrogens is 1. The van der Waals surface area contributed by atoms with Crippen LogP contribution in [0, 0.1) is 0 Å². The molecule has 6 N–H and O–H groups in total. The second-order valence-corrected chi connectivity index (χ2v) is 6.19. The fourth-order valence-corrected chi connectivity index (χ4v) is 2.63. The van der Waals surface area contributed by atoms with Crippen molar-refractivity contribution in [3.05, 3.63) is 89.2 Å². The molecule has 1 heterocycles. The van der Waals surface area contributed by atoms with E-state index in [4.69, 9.17) is 11.5 Å². The highest BCUT2D eigenvalue weighted by Crippen LogP contribution is 2.11. The number of nitrogens with two attached hydrogens (primary N) is 2. The number of carbonyl (C=O) groups excluding carboxylic acids is 2. The zero-order chi connectivity index (χ0) is 19.9. The topological polar surface area (TPSA) is 123 Å². The minimum absolute atomic E-state index is 0.154. The van der Waals surface area contributed by atoms with Gasteiger partial charge in [-0.2, -0.15) is 0 Å². The van der Waals surface area contributed by atoms with Crippen LogP contribution in [0.3, 0.4) is 0 Å². The Morgan fingerprint density at radius 3 is 1.89 bits per heavy atom. The average Bonchev–Trinajstić information content (AvgIpc) is 2.72. The molecule has 3 aromatic rings. The lowest BCUT2D eigenvalue weighted by Crippen LogP contribution is -2.26. The molecule has 7 nitrogen and oxygen atoms in total. The maximum Gasteiger partial charge on any atom is 0.270 e. The summed E-state index contributed by atoms with van der Waals surface area (Å²) < 4.78 is 0. The predicted octanol–water partition coefficient (Wildman–Crippen LogP) is 2.11. The first-order valence-corrected chi connectivity index (χ1v) is 8.74. The molecular formula is C21H21N5O2. The molecule has 0 aliphatic rings. The van der Waals surface area contributed by atoms with Crippen LogP contribution in [-0.4, -0.2) is 16.8 Å². The minimum Gasteiger partial charge on any atom is -0.398 e. The second-order valence-electron chi connectivity index (χ2n) is 6.19. The third-order valence-electron chi connectivity index (χ3n) is 4.24. The summed E-state index contributed by atoms with van der Waals surface area (Å²) in [4.78, 5) is 28.8. The van der Waals surface area contributed by atoms with Crippen molar-refractivity contribution in [3.63, 3.8) is 0 Å². The van der Waals surface area contributed by atoms with Gasteiger partial charge in [-0.25, -0.2) is 0 Å². The summed E-state index contributed by atoms with van der Waals surface area (Å²) in [5.74, 6) is -0.697. The highest BCUT2D eigenvalue weighted by Gasteiger charge is 2.12. The maximum atomic E-state index is 12.4. The number of rotatable bonds is 6. The normalized spacial score (nSPS) is 10.3. The van der Waals surface area contributed by atoms with E-state index >= 15 is 0 Å². The number of carbonyl (C=O) groups is 2. The lowest BCUT2D eigenvalue weighted by Gasteiger charge is -2.09. The number of amides is 2. The molecule has 0 aliphatic carbocycles. The van der Waals surface area contributed by atoms with Crippen molar-refractivity contribution in [1.82, 2.24) is 15.6 Å². The largest absolute Gasteiger partial charge is 0.398 e. The summed E-state index contributed by atoms with van der Waals surface area (Å²) >= 11 is 0. The van der Waals surface area contributed by atoms with Crippen LogP contribution in [0.4, 0.5) is 11.4 Å². The lowest BCUT2D eigenvalue weighted by atomic mass is 10.1. The van der Waals surface area contributed by atoms with Crippen LogP contribution in [0.2, 0.25) is 0 Å². The van der Waals surface area contributed by atoms with Crippen LogP contribution in [-0.2, 0) is 13.1 Å². The average molecular weight is 375 g/mol. The van der Waals surface area contributed by atoms with Gasteiger partial charge < -0.3 is 22.1 Å². The lowest BCUT2D eigenvalue weighted by molar-refractivity contribution is 0.0946. The molecule has 0 atom stereocenters. The van der Waals surface area contributed by atoms with Crippen molar-refractivity contribution in [1.29, 1.82) is 0 Å². The van der Waals surface area contributed by atoms with Gasteiger partial charge in [0.2, 0.25) is 0 Å². The van der Waals surface area contributed by atoms with Gasteiger partial charge in [-0.3, -0.25) is 14.6 Å². The third-order valence-corrected chi connectivity index (χ3v) is 4.24. The first kappa shape index (κ1) is 18.9. The van der Waals surface area contributed by atoms with Crippen molar-refractivity contribution >= 4 is 23.2 Å². The molecule has 0 spiro atoms. The zero-order valence-corrected chi connectivity index (χ0v) is 15.2. The van der Waals surface area contributed by atoms with Gasteiger partial charge >= 0.3 is 0 Å². The van der Waals surface area contributed by atoms with E-state index in [2.05, 4.69) is 15.6 Å². The Morgan fingerprint density at radius 1 is 0.786 bits per heavy atom. The Balaban J connectivity index is 1.62. The summed E-state index contributed by atoms with van der Waals surface area (Å²) in [7, 11) is 0. The van der Waals surface area contributed by atoms with Gasteiger partial charge in [0, 0.05) is 36.2 Å². The monoisotopic (exact) mass is 375 g/mol. The van der Waals surface area contributed by atoms with Crippen molar-refractivity contribution in [2.45, 2.75) is 13.1 Å². The number of hydrogen-bond acceptors (Lipinski definition) is 5. The quantitative estimate of drug-likeness (QED) is 0.491. The van der Waals surface area contributed by atoms with E-state index in [0.29, 0.717) is 23.5 Å². The van der Waals surface area contributed by atoms with E-state index in [-0.39, 0.29) is 24.1 Å². The fourth-order valence-electron chi connectivity index (χ4n) is 2.63. The molecule has 2 amide bonds. The van der Waals surface area contributed by atoms with Gasteiger partial charge in [0.25, 0.3) is 11.8 Å². The van der Waals surface area contributed by atoms with Crippen molar-refractivity contribution in [2.24, 2.45) is 0 Å². The van der Waals surface area contributed by atoms with Crippen molar-refractivity contribution in [2.75, 3.05) is 11.5 Å². The van der Waals surface area contributed by atoms with E-state index in [1.807, 2.05) is 36.4 Å².